The van der Waals surface area contributed by atoms with E-state index in [4.69, 9.17) is 0 Å². The average molecular weight is 290 g/mol. The second-order valence-corrected chi connectivity index (χ2v) is 6.58. The summed E-state index contributed by atoms with van der Waals surface area (Å²) in [4.78, 5) is 23.7. The molecule has 0 aromatic heterocycles. The van der Waals surface area contributed by atoms with Gasteiger partial charge in [-0.25, -0.2) is 4.79 Å². The maximum Gasteiger partial charge on any atom is 0.326 e. The third-order valence-electron chi connectivity index (χ3n) is 3.79. The highest BCUT2D eigenvalue weighted by molar-refractivity contribution is 5.86. The molecule has 1 unspecified atom stereocenters. The van der Waals surface area contributed by atoms with E-state index in [9.17, 15) is 14.7 Å². The largest absolute Gasteiger partial charge is 0.480 e. The van der Waals surface area contributed by atoms with Crippen molar-refractivity contribution in [2.24, 2.45) is 11.3 Å². The standard InChI is InChI=1S/C16H22N2O3/c1-16(2,3)13(15(20)21)18-14(19)11-8-10-6-4-5-7-12(10)17-9-11/h4-7,11,13,17H,8-9H2,1-3H3,(H,18,19)(H,20,21)/t11?,13-/m1/s1. The second kappa shape index (κ2) is 5.76. The summed E-state index contributed by atoms with van der Waals surface area (Å²) in [6.45, 7) is 5.95. The van der Waals surface area contributed by atoms with Crippen molar-refractivity contribution in [3.8, 4) is 0 Å². The normalized spacial score (nSPS) is 19.1. The van der Waals surface area contributed by atoms with Crippen molar-refractivity contribution >= 4 is 17.6 Å². The minimum Gasteiger partial charge on any atom is -0.480 e. The van der Waals surface area contributed by atoms with Crippen LogP contribution in [0.2, 0.25) is 0 Å². The number of hydrogen-bond donors (Lipinski definition) is 3. The van der Waals surface area contributed by atoms with Crippen LogP contribution in [0.15, 0.2) is 24.3 Å². The molecule has 3 N–H and O–H groups in total. The number of carbonyl (C=O) groups excluding carboxylic acids is 1. The maximum absolute atomic E-state index is 12.4. The maximum atomic E-state index is 12.4. The molecular weight excluding hydrogens is 268 g/mol. The molecule has 0 spiro atoms. The molecule has 2 rings (SSSR count). The van der Waals surface area contributed by atoms with Gasteiger partial charge in [0.15, 0.2) is 0 Å². The minimum atomic E-state index is -1.000. The predicted molar refractivity (Wildman–Crippen MR) is 81.1 cm³/mol. The van der Waals surface area contributed by atoms with Crippen LogP contribution in [-0.4, -0.2) is 29.6 Å². The summed E-state index contributed by atoms with van der Waals surface area (Å²) in [7, 11) is 0. The molecule has 0 bridgehead atoms. The fourth-order valence-corrected chi connectivity index (χ4v) is 2.54. The Morgan fingerprint density at radius 3 is 2.62 bits per heavy atom. The van der Waals surface area contributed by atoms with E-state index >= 15 is 0 Å². The lowest BCUT2D eigenvalue weighted by atomic mass is 9.85. The molecule has 1 aromatic carbocycles. The van der Waals surface area contributed by atoms with E-state index in [-0.39, 0.29) is 11.8 Å². The van der Waals surface area contributed by atoms with Crippen LogP contribution in [0.25, 0.3) is 0 Å². The number of carboxylic acid groups (broad SMARTS) is 1. The van der Waals surface area contributed by atoms with Gasteiger partial charge in [-0.2, -0.15) is 0 Å². The first kappa shape index (κ1) is 15.4. The smallest absolute Gasteiger partial charge is 0.326 e. The molecule has 1 aromatic rings. The number of fused-ring (bicyclic) bond motifs is 1. The highest BCUT2D eigenvalue weighted by Gasteiger charge is 2.35. The second-order valence-electron chi connectivity index (χ2n) is 6.58. The van der Waals surface area contributed by atoms with Crippen molar-refractivity contribution in [1.82, 2.24) is 5.32 Å². The third-order valence-corrected chi connectivity index (χ3v) is 3.79. The van der Waals surface area contributed by atoms with Crippen LogP contribution in [-0.2, 0) is 16.0 Å². The number of anilines is 1. The third kappa shape index (κ3) is 3.54. The zero-order valence-electron chi connectivity index (χ0n) is 12.6. The molecular formula is C16H22N2O3. The Kier molecular flexibility index (Phi) is 4.21. The van der Waals surface area contributed by atoms with Gasteiger partial charge >= 0.3 is 5.97 Å². The van der Waals surface area contributed by atoms with Gasteiger partial charge in [0.05, 0.1) is 5.92 Å². The van der Waals surface area contributed by atoms with Crippen LogP contribution in [0.5, 0.6) is 0 Å². The SMILES string of the molecule is CC(C)(C)[C@H](NC(=O)C1CNc2ccccc2C1)C(=O)O. The highest BCUT2D eigenvalue weighted by atomic mass is 16.4. The van der Waals surface area contributed by atoms with Gasteiger partial charge in [-0.15, -0.1) is 0 Å². The molecule has 5 heteroatoms. The van der Waals surface area contributed by atoms with E-state index in [0.717, 1.165) is 11.3 Å². The molecule has 1 heterocycles. The van der Waals surface area contributed by atoms with Gasteiger partial charge in [0.2, 0.25) is 5.91 Å². The van der Waals surface area contributed by atoms with Crippen LogP contribution in [0.4, 0.5) is 5.69 Å². The summed E-state index contributed by atoms with van der Waals surface area (Å²) < 4.78 is 0. The first-order valence-electron chi connectivity index (χ1n) is 7.14. The van der Waals surface area contributed by atoms with Gasteiger partial charge < -0.3 is 15.7 Å². The van der Waals surface area contributed by atoms with Gasteiger partial charge in [-0.05, 0) is 23.5 Å². The molecule has 0 saturated heterocycles. The molecule has 114 valence electrons. The van der Waals surface area contributed by atoms with Crippen molar-refractivity contribution in [2.45, 2.75) is 33.2 Å². The van der Waals surface area contributed by atoms with E-state index in [2.05, 4.69) is 10.6 Å². The van der Waals surface area contributed by atoms with Crippen LogP contribution in [0.3, 0.4) is 0 Å². The van der Waals surface area contributed by atoms with Crippen LogP contribution < -0.4 is 10.6 Å². The van der Waals surface area contributed by atoms with Crippen LogP contribution in [0.1, 0.15) is 26.3 Å². The summed E-state index contributed by atoms with van der Waals surface area (Å²) in [6, 6.07) is 6.98. The number of para-hydroxylation sites is 1. The van der Waals surface area contributed by atoms with Crippen molar-refractivity contribution < 1.29 is 14.7 Å². The molecule has 21 heavy (non-hydrogen) atoms. The number of carbonyl (C=O) groups is 2. The molecule has 0 fully saturated rings. The number of carboxylic acids is 1. The van der Waals surface area contributed by atoms with Gasteiger partial charge in [-0.1, -0.05) is 39.0 Å². The summed E-state index contributed by atoms with van der Waals surface area (Å²) in [6.07, 6.45) is 0.630. The summed E-state index contributed by atoms with van der Waals surface area (Å²) in [5.41, 5.74) is 1.61. The summed E-state index contributed by atoms with van der Waals surface area (Å²) >= 11 is 0. The van der Waals surface area contributed by atoms with E-state index in [1.807, 2.05) is 24.3 Å². The summed E-state index contributed by atoms with van der Waals surface area (Å²) in [5, 5.41) is 15.2. The minimum absolute atomic E-state index is 0.209. The number of hydrogen-bond acceptors (Lipinski definition) is 3. The Balaban J connectivity index is 2.06. The van der Waals surface area contributed by atoms with Crippen molar-refractivity contribution in [2.75, 3.05) is 11.9 Å². The molecule has 1 aliphatic heterocycles. The van der Waals surface area contributed by atoms with E-state index < -0.39 is 17.4 Å². The number of rotatable bonds is 3. The lowest BCUT2D eigenvalue weighted by Gasteiger charge is -2.31. The number of aliphatic carboxylic acids is 1. The Bertz CT molecular complexity index is 549. The molecule has 2 atom stereocenters. The molecule has 1 aliphatic rings. The monoisotopic (exact) mass is 290 g/mol. The Morgan fingerprint density at radius 2 is 2.00 bits per heavy atom. The zero-order chi connectivity index (χ0) is 15.6. The van der Waals surface area contributed by atoms with Crippen LogP contribution >= 0.6 is 0 Å². The van der Waals surface area contributed by atoms with Gasteiger partial charge in [0.25, 0.3) is 0 Å². The lowest BCUT2D eigenvalue weighted by molar-refractivity contribution is -0.145. The van der Waals surface area contributed by atoms with Crippen molar-refractivity contribution in [1.29, 1.82) is 0 Å². The van der Waals surface area contributed by atoms with Gasteiger partial charge in [-0.3, -0.25) is 4.79 Å². The summed E-state index contributed by atoms with van der Waals surface area (Å²) in [5.74, 6) is -1.46. The molecule has 0 aliphatic carbocycles. The fraction of sp³-hybridized carbons (Fsp3) is 0.500. The first-order valence-corrected chi connectivity index (χ1v) is 7.14. The van der Waals surface area contributed by atoms with Crippen molar-refractivity contribution in [3.05, 3.63) is 29.8 Å². The zero-order valence-corrected chi connectivity index (χ0v) is 12.6. The first-order chi connectivity index (χ1) is 9.79. The number of benzene rings is 1. The topological polar surface area (TPSA) is 78.4 Å². The van der Waals surface area contributed by atoms with E-state index in [1.54, 1.807) is 20.8 Å². The van der Waals surface area contributed by atoms with Gasteiger partial charge in [0, 0.05) is 12.2 Å². The average Bonchev–Trinajstić information content (AvgIpc) is 2.42. The molecule has 0 saturated carbocycles. The van der Waals surface area contributed by atoms with Crippen LogP contribution in [0, 0.1) is 11.3 Å². The molecule has 5 nitrogen and oxygen atoms in total. The lowest BCUT2D eigenvalue weighted by Crippen LogP contribution is -2.52. The Hall–Kier alpha value is -2.04. The Labute approximate surface area is 124 Å². The predicted octanol–water partition coefficient (Wildman–Crippen LogP) is 1.89. The van der Waals surface area contributed by atoms with E-state index in [1.165, 1.54) is 0 Å². The number of amides is 1. The molecule has 0 radical (unpaired) electrons. The quantitative estimate of drug-likeness (QED) is 0.794. The van der Waals surface area contributed by atoms with Gasteiger partial charge in [0.1, 0.15) is 6.04 Å². The van der Waals surface area contributed by atoms with Crippen molar-refractivity contribution in [3.63, 3.8) is 0 Å². The fourth-order valence-electron chi connectivity index (χ4n) is 2.54. The highest BCUT2D eigenvalue weighted by Crippen LogP contribution is 2.25. The Morgan fingerprint density at radius 1 is 1.33 bits per heavy atom. The number of nitrogens with one attached hydrogen (secondary N) is 2. The van der Waals surface area contributed by atoms with E-state index in [0.29, 0.717) is 13.0 Å². The molecule has 1 amide bonds.